The second-order valence-electron chi connectivity index (χ2n) is 6.95. The van der Waals surface area contributed by atoms with Crippen LogP contribution in [0.15, 0.2) is 60.9 Å². The Morgan fingerprint density at radius 2 is 1.84 bits per heavy atom. The van der Waals surface area contributed by atoms with Crippen LogP contribution in [0.3, 0.4) is 0 Å². The van der Waals surface area contributed by atoms with E-state index in [4.69, 9.17) is 25.8 Å². The van der Waals surface area contributed by atoms with Crippen LogP contribution >= 0.6 is 11.6 Å². The summed E-state index contributed by atoms with van der Waals surface area (Å²) in [6, 6.07) is 12.3. The molecule has 1 amide bonds. The number of ether oxygens (including phenoxy) is 3. The van der Waals surface area contributed by atoms with Crippen LogP contribution in [0.5, 0.6) is 11.5 Å². The number of halogens is 1. The van der Waals surface area contributed by atoms with Crippen molar-refractivity contribution in [2.75, 3.05) is 32.1 Å². The monoisotopic (exact) mass is 458 g/mol. The van der Waals surface area contributed by atoms with E-state index in [1.165, 1.54) is 0 Å². The lowest BCUT2D eigenvalue weighted by atomic mass is 10.2. The predicted molar refractivity (Wildman–Crippen MR) is 130 cm³/mol. The summed E-state index contributed by atoms with van der Waals surface area (Å²) < 4.78 is 16.9. The highest BCUT2D eigenvalue weighted by Crippen LogP contribution is 2.27. The summed E-state index contributed by atoms with van der Waals surface area (Å²) in [5.74, 6) is 1.26. The first kappa shape index (κ1) is 25.3. The van der Waals surface area contributed by atoms with Gasteiger partial charge in [-0.25, -0.2) is 0 Å². The number of benzene rings is 2. The number of anilines is 1. The Labute approximate surface area is 195 Å². The van der Waals surface area contributed by atoms with Crippen LogP contribution in [0.1, 0.15) is 32.3 Å². The third-order valence-electron chi connectivity index (χ3n) is 4.53. The molecule has 0 aliphatic heterocycles. The first-order valence-electron chi connectivity index (χ1n) is 10.6. The molecule has 0 spiro atoms. The van der Waals surface area contributed by atoms with Gasteiger partial charge in [-0.1, -0.05) is 25.1 Å². The molecule has 172 valence electrons. The molecule has 0 bridgehead atoms. The molecule has 7 heteroatoms. The fourth-order valence-electron chi connectivity index (χ4n) is 2.82. The molecule has 0 atom stereocenters. The van der Waals surface area contributed by atoms with Crippen LogP contribution in [0.2, 0.25) is 5.02 Å². The second kappa shape index (κ2) is 13.5. The standard InChI is InChI=1S/C25H31ClN2O4/c1-5-24(32-18(3)19-9-11-20(26)12-10-19)25(29)28-21-15-22(30-4)17-23(16-21)31-14-8-7-13-27-6-2/h5,9-12,15-17,27H,3,6-8,13-14H2,1-2,4H3,(H,28,29)/b24-5-. The fraction of sp³-hybridized carbons (Fsp3) is 0.320. The lowest BCUT2D eigenvalue weighted by Crippen LogP contribution is -2.16. The van der Waals surface area contributed by atoms with Gasteiger partial charge in [0.2, 0.25) is 0 Å². The number of hydrogen-bond acceptors (Lipinski definition) is 5. The van der Waals surface area contributed by atoms with Gasteiger partial charge in [-0.2, -0.15) is 0 Å². The topological polar surface area (TPSA) is 68.8 Å². The minimum Gasteiger partial charge on any atom is -0.497 e. The smallest absolute Gasteiger partial charge is 0.291 e. The van der Waals surface area contributed by atoms with Crippen molar-refractivity contribution in [2.24, 2.45) is 0 Å². The van der Waals surface area contributed by atoms with Gasteiger partial charge in [0.05, 0.1) is 13.7 Å². The first-order chi connectivity index (χ1) is 15.5. The maximum Gasteiger partial charge on any atom is 0.291 e. The van der Waals surface area contributed by atoms with Crippen molar-refractivity contribution in [1.29, 1.82) is 0 Å². The van der Waals surface area contributed by atoms with E-state index in [0.717, 1.165) is 31.5 Å². The molecule has 2 aromatic rings. The van der Waals surface area contributed by atoms with E-state index in [1.807, 2.05) is 0 Å². The first-order valence-corrected chi connectivity index (χ1v) is 11.0. The van der Waals surface area contributed by atoms with E-state index in [9.17, 15) is 4.79 Å². The van der Waals surface area contributed by atoms with Crippen molar-refractivity contribution < 1.29 is 19.0 Å². The van der Waals surface area contributed by atoms with Crippen LogP contribution < -0.4 is 20.1 Å². The third kappa shape index (κ3) is 8.29. The van der Waals surface area contributed by atoms with Gasteiger partial charge in [0.15, 0.2) is 5.76 Å². The molecule has 0 fully saturated rings. The second-order valence-corrected chi connectivity index (χ2v) is 7.38. The normalized spacial score (nSPS) is 11.1. The highest BCUT2D eigenvalue weighted by atomic mass is 35.5. The molecule has 6 nitrogen and oxygen atoms in total. The van der Waals surface area contributed by atoms with E-state index < -0.39 is 5.91 Å². The molecule has 0 aromatic heterocycles. The summed E-state index contributed by atoms with van der Waals surface area (Å²) in [7, 11) is 1.57. The Morgan fingerprint density at radius 3 is 2.50 bits per heavy atom. The number of methoxy groups -OCH3 is 1. The van der Waals surface area contributed by atoms with Crippen LogP contribution in [0, 0.1) is 0 Å². The molecule has 0 heterocycles. The number of rotatable bonds is 13. The van der Waals surface area contributed by atoms with Crippen molar-refractivity contribution in [2.45, 2.75) is 26.7 Å². The molecule has 2 N–H and O–H groups in total. The van der Waals surface area contributed by atoms with E-state index in [0.29, 0.717) is 34.6 Å². The van der Waals surface area contributed by atoms with Crippen molar-refractivity contribution in [3.8, 4) is 11.5 Å². The Bertz CT molecular complexity index is 926. The Hall–Kier alpha value is -2.96. The molecular formula is C25H31ClN2O4. The molecule has 2 aromatic carbocycles. The van der Waals surface area contributed by atoms with Crippen LogP contribution in [0.4, 0.5) is 5.69 Å². The van der Waals surface area contributed by atoms with E-state index >= 15 is 0 Å². The zero-order valence-corrected chi connectivity index (χ0v) is 19.6. The number of allylic oxidation sites excluding steroid dienone is 1. The summed E-state index contributed by atoms with van der Waals surface area (Å²) in [6.45, 7) is 10.2. The number of nitrogens with one attached hydrogen (secondary N) is 2. The van der Waals surface area contributed by atoms with Crippen molar-refractivity contribution in [3.63, 3.8) is 0 Å². The van der Waals surface area contributed by atoms with Gasteiger partial charge < -0.3 is 24.8 Å². The van der Waals surface area contributed by atoms with Gasteiger partial charge in [0.25, 0.3) is 5.91 Å². The molecule has 0 aliphatic carbocycles. The average molecular weight is 459 g/mol. The third-order valence-corrected chi connectivity index (χ3v) is 4.78. The highest BCUT2D eigenvalue weighted by molar-refractivity contribution is 6.30. The molecule has 0 aliphatic rings. The predicted octanol–water partition coefficient (Wildman–Crippen LogP) is 5.65. The number of carbonyl (C=O) groups is 1. The van der Waals surface area contributed by atoms with E-state index in [1.54, 1.807) is 62.6 Å². The average Bonchev–Trinajstić information content (AvgIpc) is 2.79. The van der Waals surface area contributed by atoms with Gasteiger partial charge in [-0.3, -0.25) is 4.79 Å². The minimum absolute atomic E-state index is 0.124. The summed E-state index contributed by atoms with van der Waals surface area (Å²) >= 11 is 5.92. The summed E-state index contributed by atoms with van der Waals surface area (Å²) in [5, 5.41) is 6.72. The van der Waals surface area contributed by atoms with Gasteiger partial charge in [-0.15, -0.1) is 0 Å². The van der Waals surface area contributed by atoms with Crippen molar-refractivity contribution >= 4 is 29.0 Å². The zero-order chi connectivity index (χ0) is 23.3. The lowest BCUT2D eigenvalue weighted by Gasteiger charge is -2.14. The van der Waals surface area contributed by atoms with Gasteiger partial charge in [0.1, 0.15) is 17.3 Å². The van der Waals surface area contributed by atoms with Crippen LogP contribution in [-0.4, -0.2) is 32.7 Å². The van der Waals surface area contributed by atoms with Crippen LogP contribution in [-0.2, 0) is 9.53 Å². The lowest BCUT2D eigenvalue weighted by molar-refractivity contribution is -0.115. The van der Waals surface area contributed by atoms with E-state index in [-0.39, 0.29) is 5.76 Å². The number of unbranched alkanes of at least 4 members (excludes halogenated alkanes) is 1. The molecular weight excluding hydrogens is 428 g/mol. The summed E-state index contributed by atoms with van der Waals surface area (Å²) in [4.78, 5) is 12.8. The highest BCUT2D eigenvalue weighted by Gasteiger charge is 2.14. The van der Waals surface area contributed by atoms with Gasteiger partial charge >= 0.3 is 0 Å². The van der Waals surface area contributed by atoms with Gasteiger partial charge in [0, 0.05) is 34.5 Å². The number of carbonyl (C=O) groups excluding carboxylic acids is 1. The van der Waals surface area contributed by atoms with Crippen molar-refractivity contribution in [3.05, 3.63) is 71.5 Å². The van der Waals surface area contributed by atoms with Crippen molar-refractivity contribution in [1.82, 2.24) is 5.32 Å². The summed E-state index contributed by atoms with van der Waals surface area (Å²) in [5.41, 5.74) is 1.27. The molecule has 2 rings (SSSR count). The molecule has 0 unspecified atom stereocenters. The Balaban J connectivity index is 2.00. The Kier molecular flexibility index (Phi) is 10.6. The van der Waals surface area contributed by atoms with Gasteiger partial charge in [-0.05, 0) is 63.2 Å². The molecule has 0 radical (unpaired) electrons. The Morgan fingerprint density at radius 1 is 1.12 bits per heavy atom. The minimum atomic E-state index is -0.410. The molecule has 32 heavy (non-hydrogen) atoms. The number of hydrogen-bond donors (Lipinski definition) is 2. The SMILES string of the molecule is C=C(O/C(=C\C)C(=O)Nc1cc(OC)cc(OCCCCNCC)c1)c1ccc(Cl)cc1. The maximum absolute atomic E-state index is 12.8. The molecule has 0 saturated heterocycles. The van der Waals surface area contributed by atoms with Crippen LogP contribution in [0.25, 0.3) is 5.76 Å². The quantitative estimate of drug-likeness (QED) is 0.231. The fourth-order valence-corrected chi connectivity index (χ4v) is 2.95. The van der Waals surface area contributed by atoms with E-state index in [2.05, 4.69) is 24.1 Å². The summed E-state index contributed by atoms with van der Waals surface area (Å²) in [6.07, 6.45) is 3.54. The largest absolute Gasteiger partial charge is 0.497 e. The number of amides is 1. The zero-order valence-electron chi connectivity index (χ0n) is 18.9. The molecule has 0 saturated carbocycles. The maximum atomic E-state index is 12.8.